The van der Waals surface area contributed by atoms with Crippen molar-refractivity contribution in [2.45, 2.75) is 49.2 Å². The molecule has 0 bridgehead atoms. The van der Waals surface area contributed by atoms with E-state index >= 15 is 0 Å². The highest BCUT2D eigenvalue weighted by atomic mass is 32.2. The number of rotatable bonds is 4. The Balaban J connectivity index is 2.41. The molecule has 0 heterocycles. The number of halogens is 1. The predicted molar refractivity (Wildman–Crippen MR) is 76.6 cm³/mol. The van der Waals surface area contributed by atoms with E-state index in [1.54, 1.807) is 0 Å². The summed E-state index contributed by atoms with van der Waals surface area (Å²) in [5.41, 5.74) is -0.248. The SMILES string of the molecule is CCC1CCCCC1S(=O)(=O)c1ccc(C(=O)O)cc1F. The summed E-state index contributed by atoms with van der Waals surface area (Å²) in [5, 5.41) is 8.25. The van der Waals surface area contributed by atoms with E-state index in [0.717, 1.165) is 43.9 Å². The van der Waals surface area contributed by atoms with Gasteiger partial charge in [0.1, 0.15) is 10.7 Å². The number of hydrogen-bond donors (Lipinski definition) is 1. The van der Waals surface area contributed by atoms with Gasteiger partial charge in [0.15, 0.2) is 9.84 Å². The van der Waals surface area contributed by atoms with Crippen LogP contribution in [0.3, 0.4) is 0 Å². The molecule has 2 unspecified atom stereocenters. The molecule has 0 aromatic heterocycles. The Hall–Kier alpha value is -1.43. The number of carbonyl (C=O) groups is 1. The molecule has 1 aromatic rings. The first kappa shape index (κ1) is 15.9. The van der Waals surface area contributed by atoms with Gasteiger partial charge in [0.05, 0.1) is 10.8 Å². The number of sulfone groups is 1. The lowest BCUT2D eigenvalue weighted by Crippen LogP contribution is -2.33. The van der Waals surface area contributed by atoms with Crippen molar-refractivity contribution in [1.29, 1.82) is 0 Å². The highest BCUT2D eigenvalue weighted by Gasteiger charge is 2.37. The van der Waals surface area contributed by atoms with Crippen molar-refractivity contribution in [2.75, 3.05) is 0 Å². The molecule has 0 amide bonds. The molecule has 1 N–H and O–H groups in total. The second kappa shape index (κ2) is 6.13. The molecular formula is C15H19FO4S. The molecule has 6 heteroatoms. The Morgan fingerprint density at radius 2 is 2.00 bits per heavy atom. The molecular weight excluding hydrogens is 295 g/mol. The van der Waals surface area contributed by atoms with Crippen molar-refractivity contribution in [1.82, 2.24) is 0 Å². The van der Waals surface area contributed by atoms with Gasteiger partial charge in [-0.3, -0.25) is 0 Å². The largest absolute Gasteiger partial charge is 0.478 e. The molecule has 0 aliphatic heterocycles. The van der Waals surface area contributed by atoms with Gasteiger partial charge in [-0.05, 0) is 37.0 Å². The fourth-order valence-corrected chi connectivity index (χ4v) is 5.30. The van der Waals surface area contributed by atoms with Gasteiger partial charge < -0.3 is 5.11 Å². The summed E-state index contributed by atoms with van der Waals surface area (Å²) in [4.78, 5) is 10.4. The molecule has 1 fully saturated rings. The van der Waals surface area contributed by atoms with Gasteiger partial charge >= 0.3 is 5.97 Å². The van der Waals surface area contributed by atoms with Crippen molar-refractivity contribution in [2.24, 2.45) is 5.92 Å². The van der Waals surface area contributed by atoms with Crippen LogP contribution in [0.25, 0.3) is 0 Å². The summed E-state index contributed by atoms with van der Waals surface area (Å²) in [6, 6.07) is 3.00. The topological polar surface area (TPSA) is 71.4 Å². The number of benzene rings is 1. The van der Waals surface area contributed by atoms with E-state index in [1.165, 1.54) is 0 Å². The van der Waals surface area contributed by atoms with Crippen LogP contribution in [0.1, 0.15) is 49.4 Å². The summed E-state index contributed by atoms with van der Waals surface area (Å²) < 4.78 is 39.4. The number of carboxylic acid groups (broad SMARTS) is 1. The molecule has 1 saturated carbocycles. The van der Waals surface area contributed by atoms with Gasteiger partial charge in [0.2, 0.25) is 0 Å². The van der Waals surface area contributed by atoms with Crippen LogP contribution in [-0.4, -0.2) is 24.7 Å². The van der Waals surface area contributed by atoms with E-state index in [-0.39, 0.29) is 16.4 Å². The third-order valence-corrected chi connectivity index (χ3v) is 6.61. The molecule has 1 aromatic carbocycles. The zero-order valence-electron chi connectivity index (χ0n) is 11.9. The average Bonchev–Trinajstić information content (AvgIpc) is 2.46. The Morgan fingerprint density at radius 3 is 2.57 bits per heavy atom. The lowest BCUT2D eigenvalue weighted by molar-refractivity contribution is 0.0696. The number of hydrogen-bond acceptors (Lipinski definition) is 3. The minimum Gasteiger partial charge on any atom is -0.478 e. The molecule has 0 spiro atoms. The first-order valence-corrected chi connectivity index (χ1v) is 8.69. The monoisotopic (exact) mass is 314 g/mol. The van der Waals surface area contributed by atoms with Crippen LogP contribution < -0.4 is 0 Å². The van der Waals surface area contributed by atoms with E-state index in [9.17, 15) is 17.6 Å². The average molecular weight is 314 g/mol. The van der Waals surface area contributed by atoms with E-state index in [4.69, 9.17) is 5.11 Å². The van der Waals surface area contributed by atoms with Crippen molar-refractivity contribution in [3.63, 3.8) is 0 Å². The van der Waals surface area contributed by atoms with Crippen LogP contribution in [0, 0.1) is 11.7 Å². The fraction of sp³-hybridized carbons (Fsp3) is 0.533. The van der Waals surface area contributed by atoms with Crippen molar-refractivity contribution >= 4 is 15.8 Å². The predicted octanol–water partition coefficient (Wildman–Crippen LogP) is 3.27. The summed E-state index contributed by atoms with van der Waals surface area (Å²) in [6.07, 6.45) is 3.97. The van der Waals surface area contributed by atoms with Gasteiger partial charge in [-0.2, -0.15) is 0 Å². The van der Waals surface area contributed by atoms with E-state index in [2.05, 4.69) is 0 Å². The zero-order chi connectivity index (χ0) is 15.6. The minimum atomic E-state index is -3.76. The number of carboxylic acids is 1. The summed E-state index contributed by atoms with van der Waals surface area (Å²) in [7, 11) is -3.76. The van der Waals surface area contributed by atoms with Crippen LogP contribution in [0.5, 0.6) is 0 Å². The minimum absolute atomic E-state index is 0.0438. The second-order valence-electron chi connectivity index (χ2n) is 5.49. The summed E-state index contributed by atoms with van der Waals surface area (Å²) >= 11 is 0. The van der Waals surface area contributed by atoms with Crippen LogP contribution >= 0.6 is 0 Å². The number of aromatic carboxylic acids is 1. The zero-order valence-corrected chi connectivity index (χ0v) is 12.7. The summed E-state index contributed by atoms with van der Waals surface area (Å²) in [5.74, 6) is -2.21. The molecule has 1 aliphatic carbocycles. The van der Waals surface area contributed by atoms with E-state index < -0.39 is 26.9 Å². The van der Waals surface area contributed by atoms with Crippen LogP contribution in [0.4, 0.5) is 4.39 Å². The molecule has 116 valence electrons. The third kappa shape index (κ3) is 3.10. The van der Waals surface area contributed by atoms with Gasteiger partial charge in [-0.25, -0.2) is 17.6 Å². The normalized spacial score (nSPS) is 23.0. The third-order valence-electron chi connectivity index (χ3n) is 4.25. The van der Waals surface area contributed by atoms with Crippen LogP contribution in [0.2, 0.25) is 0 Å². The Bertz CT molecular complexity index is 639. The van der Waals surface area contributed by atoms with Gasteiger partial charge in [-0.15, -0.1) is 0 Å². The maximum atomic E-state index is 14.0. The lowest BCUT2D eigenvalue weighted by atomic mass is 9.87. The van der Waals surface area contributed by atoms with Crippen molar-refractivity contribution in [3.8, 4) is 0 Å². The Labute approximate surface area is 123 Å². The highest BCUT2D eigenvalue weighted by Crippen LogP contribution is 2.35. The molecule has 21 heavy (non-hydrogen) atoms. The Morgan fingerprint density at radius 1 is 1.33 bits per heavy atom. The maximum absolute atomic E-state index is 14.0. The van der Waals surface area contributed by atoms with Gasteiger partial charge in [-0.1, -0.05) is 26.2 Å². The highest BCUT2D eigenvalue weighted by molar-refractivity contribution is 7.92. The fourth-order valence-electron chi connectivity index (χ4n) is 3.08. The molecule has 2 atom stereocenters. The second-order valence-corrected chi connectivity index (χ2v) is 7.62. The summed E-state index contributed by atoms with van der Waals surface area (Å²) in [6.45, 7) is 1.95. The molecule has 2 rings (SSSR count). The van der Waals surface area contributed by atoms with Crippen molar-refractivity contribution in [3.05, 3.63) is 29.6 Å². The quantitative estimate of drug-likeness (QED) is 0.926. The molecule has 0 saturated heterocycles. The molecule has 0 radical (unpaired) electrons. The van der Waals surface area contributed by atoms with E-state index in [0.29, 0.717) is 6.42 Å². The van der Waals surface area contributed by atoms with E-state index in [1.807, 2.05) is 6.92 Å². The van der Waals surface area contributed by atoms with Crippen LogP contribution in [-0.2, 0) is 9.84 Å². The van der Waals surface area contributed by atoms with Crippen LogP contribution in [0.15, 0.2) is 23.1 Å². The lowest BCUT2D eigenvalue weighted by Gasteiger charge is -2.30. The first-order chi connectivity index (χ1) is 9.87. The standard InChI is InChI=1S/C15H19FO4S/c1-2-10-5-3-4-6-13(10)21(19,20)14-8-7-11(15(17)18)9-12(14)16/h7-10,13H,2-6H2,1H3,(H,17,18). The molecule has 1 aliphatic rings. The maximum Gasteiger partial charge on any atom is 0.335 e. The molecule has 4 nitrogen and oxygen atoms in total. The van der Waals surface area contributed by atoms with Gasteiger partial charge in [0.25, 0.3) is 0 Å². The smallest absolute Gasteiger partial charge is 0.335 e. The van der Waals surface area contributed by atoms with Gasteiger partial charge in [0, 0.05) is 0 Å². The first-order valence-electron chi connectivity index (χ1n) is 7.14. The van der Waals surface area contributed by atoms with Crippen molar-refractivity contribution < 1.29 is 22.7 Å². The Kier molecular flexibility index (Phi) is 4.66.